The SMILES string of the molecule is c1ccc2c(c1)ccn2CCCNCC1CCCCCC1. The maximum Gasteiger partial charge on any atom is 0.0480 e. The summed E-state index contributed by atoms with van der Waals surface area (Å²) < 4.78 is 2.38. The molecule has 1 saturated carbocycles. The van der Waals surface area contributed by atoms with Crippen molar-refractivity contribution >= 4 is 10.9 Å². The Morgan fingerprint density at radius 2 is 1.81 bits per heavy atom. The van der Waals surface area contributed by atoms with Crippen molar-refractivity contribution in [2.75, 3.05) is 13.1 Å². The Labute approximate surface area is 128 Å². The van der Waals surface area contributed by atoms with E-state index in [1.807, 2.05) is 0 Å². The fraction of sp³-hybridized carbons (Fsp3) is 0.579. The van der Waals surface area contributed by atoms with Gasteiger partial charge in [0.05, 0.1) is 0 Å². The maximum atomic E-state index is 3.68. The van der Waals surface area contributed by atoms with Crippen LogP contribution in [-0.4, -0.2) is 17.7 Å². The molecular weight excluding hydrogens is 256 g/mol. The fourth-order valence-electron chi connectivity index (χ4n) is 3.58. The van der Waals surface area contributed by atoms with Crippen LogP contribution in [0.5, 0.6) is 0 Å². The van der Waals surface area contributed by atoms with Crippen LogP contribution in [-0.2, 0) is 6.54 Å². The highest BCUT2D eigenvalue weighted by Crippen LogP contribution is 2.22. The minimum Gasteiger partial charge on any atom is -0.347 e. The summed E-state index contributed by atoms with van der Waals surface area (Å²) in [5.41, 5.74) is 1.36. The Balaban J connectivity index is 1.38. The molecule has 2 nitrogen and oxygen atoms in total. The number of rotatable bonds is 6. The van der Waals surface area contributed by atoms with Crippen LogP contribution in [0.4, 0.5) is 0 Å². The summed E-state index contributed by atoms with van der Waals surface area (Å²) in [5, 5.41) is 5.03. The van der Waals surface area contributed by atoms with Gasteiger partial charge >= 0.3 is 0 Å². The van der Waals surface area contributed by atoms with E-state index in [-0.39, 0.29) is 0 Å². The van der Waals surface area contributed by atoms with E-state index < -0.39 is 0 Å². The molecule has 114 valence electrons. The molecule has 1 heterocycles. The summed E-state index contributed by atoms with van der Waals surface area (Å²) >= 11 is 0. The van der Waals surface area contributed by atoms with Crippen LogP contribution in [0.15, 0.2) is 36.5 Å². The number of aryl methyl sites for hydroxylation is 1. The topological polar surface area (TPSA) is 17.0 Å². The quantitative estimate of drug-likeness (QED) is 0.606. The first kappa shape index (κ1) is 14.6. The number of nitrogens with zero attached hydrogens (tertiary/aromatic N) is 1. The van der Waals surface area contributed by atoms with Crippen molar-refractivity contribution in [3.8, 4) is 0 Å². The predicted molar refractivity (Wildman–Crippen MR) is 90.6 cm³/mol. The number of aromatic nitrogens is 1. The summed E-state index contributed by atoms with van der Waals surface area (Å²) in [4.78, 5) is 0. The van der Waals surface area contributed by atoms with E-state index >= 15 is 0 Å². The fourth-order valence-corrected chi connectivity index (χ4v) is 3.58. The molecule has 1 aliphatic carbocycles. The number of hydrogen-bond acceptors (Lipinski definition) is 1. The maximum absolute atomic E-state index is 3.68. The zero-order valence-corrected chi connectivity index (χ0v) is 13.1. The van der Waals surface area contributed by atoms with Crippen molar-refractivity contribution in [2.45, 2.75) is 51.5 Å². The first-order valence-corrected chi connectivity index (χ1v) is 8.68. The number of fused-ring (bicyclic) bond motifs is 1. The Morgan fingerprint density at radius 3 is 2.67 bits per heavy atom. The van der Waals surface area contributed by atoms with E-state index in [4.69, 9.17) is 0 Å². The Bertz CT molecular complexity index is 535. The Morgan fingerprint density at radius 1 is 1.00 bits per heavy atom. The molecule has 0 spiro atoms. The normalized spacial score (nSPS) is 17.1. The Kier molecular flexibility index (Phi) is 5.34. The predicted octanol–water partition coefficient (Wildman–Crippen LogP) is 4.59. The van der Waals surface area contributed by atoms with Gasteiger partial charge in [0.1, 0.15) is 0 Å². The molecule has 0 unspecified atom stereocenters. The number of nitrogens with one attached hydrogen (secondary N) is 1. The van der Waals surface area contributed by atoms with E-state index in [2.05, 4.69) is 46.4 Å². The highest BCUT2D eigenvalue weighted by atomic mass is 15.0. The van der Waals surface area contributed by atoms with Gasteiger partial charge in [-0.25, -0.2) is 0 Å². The average molecular weight is 284 g/mol. The van der Waals surface area contributed by atoms with Crippen LogP contribution < -0.4 is 5.32 Å². The van der Waals surface area contributed by atoms with Crippen molar-refractivity contribution < 1.29 is 0 Å². The van der Waals surface area contributed by atoms with Crippen LogP contribution >= 0.6 is 0 Å². The second-order valence-electron chi connectivity index (χ2n) is 6.48. The van der Waals surface area contributed by atoms with Crippen LogP contribution in [0.2, 0.25) is 0 Å². The third-order valence-corrected chi connectivity index (χ3v) is 4.84. The average Bonchev–Trinajstić information content (AvgIpc) is 2.75. The van der Waals surface area contributed by atoms with Crippen LogP contribution in [0, 0.1) is 5.92 Å². The number of para-hydroxylation sites is 1. The standard InChI is InChI=1S/C19H28N2/c1-2-4-9-17(8-3-1)16-20-13-7-14-21-15-12-18-10-5-6-11-19(18)21/h5-6,10-12,15,17,20H,1-4,7-9,13-14,16H2. The monoisotopic (exact) mass is 284 g/mol. The van der Waals surface area contributed by atoms with Gasteiger partial charge < -0.3 is 9.88 Å². The van der Waals surface area contributed by atoms with Gasteiger partial charge in [-0.3, -0.25) is 0 Å². The minimum absolute atomic E-state index is 0.930. The molecule has 0 bridgehead atoms. The van der Waals surface area contributed by atoms with E-state index in [9.17, 15) is 0 Å². The van der Waals surface area contributed by atoms with Crippen molar-refractivity contribution in [3.05, 3.63) is 36.5 Å². The van der Waals surface area contributed by atoms with Gasteiger partial charge in [-0.15, -0.1) is 0 Å². The number of benzene rings is 1. The highest BCUT2D eigenvalue weighted by molar-refractivity contribution is 5.79. The first-order chi connectivity index (χ1) is 10.4. The molecule has 1 aliphatic rings. The van der Waals surface area contributed by atoms with Gasteiger partial charge in [-0.1, -0.05) is 43.9 Å². The van der Waals surface area contributed by atoms with Crippen molar-refractivity contribution in [1.82, 2.24) is 9.88 Å². The van der Waals surface area contributed by atoms with E-state index in [0.29, 0.717) is 0 Å². The summed E-state index contributed by atoms with van der Waals surface area (Å²) in [6.07, 6.45) is 12.1. The molecule has 1 N–H and O–H groups in total. The molecule has 2 aromatic rings. The van der Waals surface area contributed by atoms with Gasteiger partial charge in [-0.2, -0.15) is 0 Å². The van der Waals surface area contributed by atoms with Gasteiger partial charge in [0.25, 0.3) is 0 Å². The van der Waals surface area contributed by atoms with Crippen LogP contribution in [0.3, 0.4) is 0 Å². The molecule has 3 rings (SSSR count). The molecule has 0 amide bonds. The van der Waals surface area contributed by atoms with Crippen molar-refractivity contribution in [2.24, 2.45) is 5.92 Å². The molecule has 0 saturated heterocycles. The molecular formula is C19H28N2. The van der Waals surface area contributed by atoms with E-state index in [0.717, 1.165) is 19.0 Å². The van der Waals surface area contributed by atoms with E-state index in [1.54, 1.807) is 0 Å². The van der Waals surface area contributed by atoms with Crippen LogP contribution in [0.1, 0.15) is 44.9 Å². The second-order valence-corrected chi connectivity index (χ2v) is 6.48. The largest absolute Gasteiger partial charge is 0.347 e. The lowest BCUT2D eigenvalue weighted by atomic mass is 10.0. The lowest BCUT2D eigenvalue weighted by molar-refractivity contribution is 0.421. The Hall–Kier alpha value is -1.28. The summed E-state index contributed by atoms with van der Waals surface area (Å²) in [5.74, 6) is 0.930. The zero-order chi connectivity index (χ0) is 14.3. The molecule has 0 aliphatic heterocycles. The lowest BCUT2D eigenvalue weighted by Gasteiger charge is -2.15. The molecule has 1 aromatic carbocycles. The first-order valence-electron chi connectivity index (χ1n) is 8.68. The second kappa shape index (κ2) is 7.65. The third kappa shape index (κ3) is 4.10. The van der Waals surface area contributed by atoms with Crippen molar-refractivity contribution in [1.29, 1.82) is 0 Å². The minimum atomic E-state index is 0.930. The summed E-state index contributed by atoms with van der Waals surface area (Å²) in [6, 6.07) is 10.9. The molecule has 1 aromatic heterocycles. The summed E-state index contributed by atoms with van der Waals surface area (Å²) in [6.45, 7) is 3.49. The molecule has 1 fully saturated rings. The summed E-state index contributed by atoms with van der Waals surface area (Å²) in [7, 11) is 0. The molecule has 21 heavy (non-hydrogen) atoms. The van der Waals surface area contributed by atoms with Crippen molar-refractivity contribution in [3.63, 3.8) is 0 Å². The van der Waals surface area contributed by atoms with E-state index in [1.165, 1.54) is 62.4 Å². The smallest absolute Gasteiger partial charge is 0.0480 e. The third-order valence-electron chi connectivity index (χ3n) is 4.84. The lowest BCUT2D eigenvalue weighted by Crippen LogP contribution is -2.24. The van der Waals surface area contributed by atoms with Gasteiger partial charge in [-0.05, 0) is 55.8 Å². The zero-order valence-electron chi connectivity index (χ0n) is 13.1. The highest BCUT2D eigenvalue weighted by Gasteiger charge is 2.11. The molecule has 2 heteroatoms. The van der Waals surface area contributed by atoms with Gasteiger partial charge in [0, 0.05) is 18.3 Å². The van der Waals surface area contributed by atoms with Gasteiger partial charge in [0.2, 0.25) is 0 Å². The van der Waals surface area contributed by atoms with Gasteiger partial charge in [0.15, 0.2) is 0 Å². The molecule has 0 atom stereocenters. The molecule has 0 radical (unpaired) electrons. The number of hydrogen-bond donors (Lipinski definition) is 1. The van der Waals surface area contributed by atoms with Crippen LogP contribution in [0.25, 0.3) is 10.9 Å².